The number of anilines is 4. The molecule has 8 aromatic rings. The van der Waals surface area contributed by atoms with E-state index in [0.717, 1.165) is 192 Å². The fraction of sp³-hybridized carbons (Fsp3) is 0.417. The number of fused-ring (bicyclic) bond motifs is 4. The van der Waals surface area contributed by atoms with Crippen LogP contribution in [0.25, 0.3) is 0 Å². The van der Waals surface area contributed by atoms with Gasteiger partial charge in [0.2, 0.25) is 0 Å². The van der Waals surface area contributed by atoms with E-state index in [1.165, 1.54) is 62.6 Å². The predicted octanol–water partition coefficient (Wildman–Crippen LogP) is 16.4. The van der Waals surface area contributed by atoms with Gasteiger partial charge >= 0.3 is 0 Å². The number of para-hydroxylation sites is 4. The molecule has 12 nitrogen and oxygen atoms in total. The molecule has 0 saturated carbocycles. The third-order valence-corrected chi connectivity index (χ3v) is 23.1. The average Bonchev–Trinajstić information content (AvgIpc) is 1.62. The zero-order chi connectivity index (χ0) is 69.1. The average molecular weight is 1360 g/mol. The van der Waals surface area contributed by atoms with Crippen molar-refractivity contribution in [2.24, 2.45) is 17.2 Å². The van der Waals surface area contributed by atoms with E-state index in [2.05, 4.69) is 114 Å². The van der Waals surface area contributed by atoms with Gasteiger partial charge in [0.1, 0.15) is 23.3 Å². The molecule has 4 fully saturated rings. The first-order valence-electron chi connectivity index (χ1n) is 36.7. The van der Waals surface area contributed by atoms with E-state index in [-0.39, 0.29) is 69.3 Å². The molecule has 2 unspecified atom stereocenters. The lowest BCUT2D eigenvalue weighted by atomic mass is 9.83. The number of ketones is 1. The summed E-state index contributed by atoms with van der Waals surface area (Å²) in [5.41, 5.74) is 33.5. The monoisotopic (exact) mass is 1360 g/mol. The van der Waals surface area contributed by atoms with Crippen molar-refractivity contribution in [3.63, 3.8) is 0 Å². The van der Waals surface area contributed by atoms with Crippen LogP contribution in [-0.4, -0.2) is 99.9 Å². The summed E-state index contributed by atoms with van der Waals surface area (Å²) in [6.07, 6.45) is 16.7. The van der Waals surface area contributed by atoms with Crippen molar-refractivity contribution in [3.8, 4) is 0 Å². The van der Waals surface area contributed by atoms with Gasteiger partial charge in [0.25, 0.3) is 0 Å². The van der Waals surface area contributed by atoms with E-state index in [9.17, 15) is 22.4 Å². The van der Waals surface area contributed by atoms with Gasteiger partial charge in [0.15, 0.2) is 5.78 Å². The maximum absolute atomic E-state index is 13.1. The fourth-order valence-electron chi connectivity index (χ4n) is 16.7. The van der Waals surface area contributed by atoms with Crippen molar-refractivity contribution < 1.29 is 22.4 Å². The molecule has 4 spiro atoms. The van der Waals surface area contributed by atoms with Gasteiger partial charge < -0.3 is 38.5 Å². The van der Waals surface area contributed by atoms with Crippen LogP contribution in [0, 0.1) is 23.3 Å². The Kier molecular flexibility index (Phi) is 22.5. The topological polar surface area (TPSA) is 156 Å². The third kappa shape index (κ3) is 17.9. The maximum atomic E-state index is 13.1. The maximum Gasteiger partial charge on any atom is 0.165 e. The molecule has 0 aliphatic carbocycles. The molecule has 8 aromatic carbocycles. The highest BCUT2D eigenvalue weighted by Gasteiger charge is 2.42. The number of nitrogens with two attached hydrogens (primary N) is 3. The quantitative estimate of drug-likeness (QED) is 0.0724. The minimum absolute atomic E-state index is 0.0154. The van der Waals surface area contributed by atoms with Crippen LogP contribution in [0.5, 0.6) is 0 Å². The Hall–Kier alpha value is -7.93. The smallest absolute Gasteiger partial charge is 0.165 e. The standard InChI is InChI=1S/3C21H26FN3.C21H23FN2O/c3*22-17-7-5-16(6-8-17)15-25-13-11-21(12-14-25)10-9-19(23)18-3-1-2-4-20(18)24-21;22-17-7-5-16(6-8-17)15-24-13-11-21(12-14-24)10-9-20(25)18-3-1-2-4-19(18)23-21/h3*1-8,19,24H,9-15,23H2;1-8,23H,9-15H2/t19-;;;/m1.../s1. The van der Waals surface area contributed by atoms with Crippen LogP contribution in [0.2, 0.25) is 0 Å². The zero-order valence-electron chi connectivity index (χ0n) is 57.9. The highest BCUT2D eigenvalue weighted by Crippen LogP contribution is 2.44. The molecule has 16 heteroatoms. The molecule has 8 aliphatic heterocycles. The SMILES string of the molecule is NC1CCC2(CCN(Cc3ccc(F)cc3)CC2)Nc2ccccc21.NC1CCC2(CCN(Cc3ccc(F)cc3)CC2)Nc2ccccc21.N[C@@H]1CCC2(CCN(Cc3ccc(F)cc3)CC2)Nc2ccccc21.O=C1CCC2(CCN(Cc3ccc(F)cc3)CC2)Nc2ccccc21. The summed E-state index contributed by atoms with van der Waals surface area (Å²) in [6.45, 7) is 11.9. The first-order valence-corrected chi connectivity index (χ1v) is 36.7. The number of likely N-dealkylation sites (tertiary alicyclic amines) is 4. The van der Waals surface area contributed by atoms with Crippen LogP contribution in [0.3, 0.4) is 0 Å². The molecule has 8 aliphatic rings. The number of rotatable bonds is 8. The fourth-order valence-corrected chi connectivity index (χ4v) is 16.7. The van der Waals surface area contributed by atoms with Crippen LogP contribution in [0.4, 0.5) is 40.3 Å². The predicted molar refractivity (Wildman–Crippen MR) is 397 cm³/mol. The summed E-state index contributed by atoms with van der Waals surface area (Å²) in [6, 6.07) is 61.0. The molecule has 10 N–H and O–H groups in total. The summed E-state index contributed by atoms with van der Waals surface area (Å²) < 4.78 is 52.2. The second-order valence-corrected chi connectivity index (χ2v) is 29.9. The van der Waals surface area contributed by atoms with Crippen molar-refractivity contribution in [1.82, 2.24) is 19.6 Å². The molecule has 100 heavy (non-hydrogen) atoms. The lowest BCUT2D eigenvalue weighted by molar-refractivity contribution is 0.0964. The molecular weight excluding hydrogens is 1250 g/mol. The Morgan fingerprint density at radius 3 is 0.840 bits per heavy atom. The highest BCUT2D eigenvalue weighted by molar-refractivity contribution is 6.02. The third-order valence-electron chi connectivity index (χ3n) is 23.1. The summed E-state index contributed by atoms with van der Waals surface area (Å²) in [7, 11) is 0. The van der Waals surface area contributed by atoms with Crippen LogP contribution in [0.1, 0.15) is 170 Å². The number of carbonyl (C=O) groups excluding carboxylic acids is 1. The van der Waals surface area contributed by atoms with Gasteiger partial charge in [-0.25, -0.2) is 17.6 Å². The lowest BCUT2D eigenvalue weighted by Gasteiger charge is -2.42. The Morgan fingerprint density at radius 1 is 0.310 bits per heavy atom. The largest absolute Gasteiger partial charge is 0.379 e. The number of benzene rings is 8. The molecule has 0 aromatic heterocycles. The van der Waals surface area contributed by atoms with E-state index in [1.807, 2.05) is 72.8 Å². The van der Waals surface area contributed by atoms with Crippen LogP contribution >= 0.6 is 0 Å². The molecule has 8 heterocycles. The van der Waals surface area contributed by atoms with E-state index in [1.54, 1.807) is 36.4 Å². The second-order valence-electron chi connectivity index (χ2n) is 29.9. The van der Waals surface area contributed by atoms with Crippen molar-refractivity contribution in [2.75, 3.05) is 73.6 Å². The number of Topliss-reactive ketones (excluding diaryl/α,β-unsaturated/α-hetero) is 1. The first kappa shape index (κ1) is 70.5. The summed E-state index contributed by atoms with van der Waals surface area (Å²) in [5.74, 6) is -0.446. The molecule has 526 valence electrons. The Balaban J connectivity index is 0.000000119. The van der Waals surface area contributed by atoms with Crippen molar-refractivity contribution in [2.45, 2.75) is 169 Å². The van der Waals surface area contributed by atoms with Crippen molar-refractivity contribution in [1.29, 1.82) is 0 Å². The van der Waals surface area contributed by atoms with Gasteiger partial charge in [-0.1, -0.05) is 115 Å². The molecule has 3 atom stereocenters. The van der Waals surface area contributed by atoms with E-state index >= 15 is 0 Å². The number of nitrogens with zero attached hydrogens (tertiary/aromatic N) is 4. The van der Waals surface area contributed by atoms with E-state index in [4.69, 9.17) is 17.2 Å². The van der Waals surface area contributed by atoms with Gasteiger partial charge in [-0.15, -0.1) is 0 Å². The van der Waals surface area contributed by atoms with Crippen LogP contribution in [-0.2, 0) is 26.2 Å². The van der Waals surface area contributed by atoms with E-state index < -0.39 is 0 Å². The van der Waals surface area contributed by atoms with Gasteiger partial charge in [0.05, 0.1) is 0 Å². The summed E-state index contributed by atoms with van der Waals surface area (Å²) >= 11 is 0. The van der Waals surface area contributed by atoms with Gasteiger partial charge in [-0.05, 0) is 214 Å². The Morgan fingerprint density at radius 2 is 0.550 bits per heavy atom. The van der Waals surface area contributed by atoms with Gasteiger partial charge in [-0.2, -0.15) is 0 Å². The number of halogens is 4. The number of nitrogens with one attached hydrogen (secondary N) is 4. The van der Waals surface area contributed by atoms with Gasteiger partial charge in [0, 0.05) is 154 Å². The molecule has 0 amide bonds. The molecule has 16 rings (SSSR count). The molecule has 0 bridgehead atoms. The molecular formula is C84H101F4N11O. The number of carbonyl (C=O) groups is 1. The molecule has 4 saturated heterocycles. The second kappa shape index (κ2) is 31.9. The Labute approximate surface area is 589 Å². The van der Waals surface area contributed by atoms with Crippen LogP contribution in [0.15, 0.2) is 194 Å². The van der Waals surface area contributed by atoms with Crippen molar-refractivity contribution >= 4 is 28.5 Å². The lowest BCUT2D eigenvalue weighted by Crippen LogP contribution is -2.48. The minimum atomic E-state index is -0.188. The summed E-state index contributed by atoms with van der Waals surface area (Å²) in [4.78, 5) is 22.2. The molecule has 0 radical (unpaired) electrons. The zero-order valence-corrected chi connectivity index (χ0v) is 57.9. The normalized spacial score (nSPS) is 22.1. The number of piperidine rings is 4. The minimum Gasteiger partial charge on any atom is -0.379 e. The first-order chi connectivity index (χ1) is 48.5. The summed E-state index contributed by atoms with van der Waals surface area (Å²) in [5, 5.41) is 15.2. The Bertz CT molecular complexity index is 3650. The number of hydrogen-bond donors (Lipinski definition) is 7. The van der Waals surface area contributed by atoms with Crippen LogP contribution < -0.4 is 38.5 Å². The van der Waals surface area contributed by atoms with Crippen molar-refractivity contribution in [3.05, 3.63) is 262 Å². The van der Waals surface area contributed by atoms with E-state index in [0.29, 0.717) is 6.42 Å². The van der Waals surface area contributed by atoms with Gasteiger partial charge in [-0.3, -0.25) is 24.4 Å². The highest BCUT2D eigenvalue weighted by atomic mass is 19.1. The number of hydrogen-bond acceptors (Lipinski definition) is 12.